The molecule has 4 nitrogen and oxygen atoms in total. The van der Waals surface area contributed by atoms with Crippen LogP contribution in [0.25, 0.3) is 0 Å². The molecule has 0 amide bonds. The van der Waals surface area contributed by atoms with Gasteiger partial charge in [-0.05, 0) is 46.3 Å². The maximum Gasteiger partial charge on any atom is 0.339 e. The standard InChI is InChI=1S/C14H10BrClO4/c1-19-9-3-4-10(14(17)18)13(7-9)20-12-5-2-8(16)6-11(12)15/h2-7H,1H3,(H,17,18). The number of halogens is 2. The van der Waals surface area contributed by atoms with Gasteiger partial charge in [0.05, 0.1) is 11.6 Å². The van der Waals surface area contributed by atoms with Gasteiger partial charge < -0.3 is 14.6 Å². The highest BCUT2D eigenvalue weighted by Crippen LogP contribution is 2.35. The highest BCUT2D eigenvalue weighted by molar-refractivity contribution is 9.10. The summed E-state index contributed by atoms with van der Waals surface area (Å²) in [5.74, 6) is 0.0906. The Labute approximate surface area is 129 Å². The zero-order valence-corrected chi connectivity index (χ0v) is 12.7. The van der Waals surface area contributed by atoms with Crippen LogP contribution in [0, 0.1) is 0 Å². The molecule has 0 aliphatic heterocycles. The van der Waals surface area contributed by atoms with Gasteiger partial charge in [-0.25, -0.2) is 4.79 Å². The predicted molar refractivity (Wildman–Crippen MR) is 79.2 cm³/mol. The molecule has 2 aromatic carbocycles. The Morgan fingerprint density at radius 1 is 1.20 bits per heavy atom. The quantitative estimate of drug-likeness (QED) is 0.868. The molecule has 0 heterocycles. The van der Waals surface area contributed by atoms with Gasteiger partial charge in [0.15, 0.2) is 0 Å². The van der Waals surface area contributed by atoms with E-state index in [0.717, 1.165) is 0 Å². The fourth-order valence-corrected chi connectivity index (χ4v) is 2.33. The van der Waals surface area contributed by atoms with Crippen LogP contribution in [0.2, 0.25) is 5.02 Å². The lowest BCUT2D eigenvalue weighted by Gasteiger charge is -2.11. The van der Waals surface area contributed by atoms with E-state index in [9.17, 15) is 4.79 Å². The molecule has 0 aliphatic rings. The molecular weight excluding hydrogens is 348 g/mol. The lowest BCUT2D eigenvalue weighted by molar-refractivity contribution is 0.0694. The van der Waals surface area contributed by atoms with Gasteiger partial charge >= 0.3 is 5.97 Å². The Hall–Kier alpha value is -1.72. The van der Waals surface area contributed by atoms with Crippen LogP contribution in [0.5, 0.6) is 17.2 Å². The fourth-order valence-electron chi connectivity index (χ4n) is 1.57. The third kappa shape index (κ3) is 3.23. The van der Waals surface area contributed by atoms with Crippen LogP contribution in [0.3, 0.4) is 0 Å². The summed E-state index contributed by atoms with van der Waals surface area (Å²) in [4.78, 5) is 11.2. The summed E-state index contributed by atoms with van der Waals surface area (Å²) in [5, 5.41) is 9.72. The Balaban J connectivity index is 2.43. The summed E-state index contributed by atoms with van der Waals surface area (Å²) in [7, 11) is 1.50. The van der Waals surface area contributed by atoms with Crippen LogP contribution < -0.4 is 9.47 Å². The number of hydrogen-bond donors (Lipinski definition) is 1. The monoisotopic (exact) mass is 356 g/mol. The van der Waals surface area contributed by atoms with Crippen molar-refractivity contribution in [3.63, 3.8) is 0 Å². The van der Waals surface area contributed by atoms with E-state index in [0.29, 0.717) is 21.0 Å². The second-order valence-electron chi connectivity index (χ2n) is 3.84. The van der Waals surface area contributed by atoms with Crippen molar-refractivity contribution in [1.82, 2.24) is 0 Å². The molecule has 0 radical (unpaired) electrons. The van der Waals surface area contributed by atoms with E-state index >= 15 is 0 Å². The van der Waals surface area contributed by atoms with Gasteiger partial charge in [-0.1, -0.05) is 11.6 Å². The highest BCUT2D eigenvalue weighted by atomic mass is 79.9. The normalized spacial score (nSPS) is 10.2. The summed E-state index contributed by atoms with van der Waals surface area (Å²) in [5.41, 5.74) is 0.0488. The fraction of sp³-hybridized carbons (Fsp3) is 0.0714. The number of hydrogen-bond acceptors (Lipinski definition) is 3. The van der Waals surface area contributed by atoms with Crippen molar-refractivity contribution in [3.8, 4) is 17.2 Å². The number of ether oxygens (including phenoxy) is 2. The molecule has 0 unspecified atom stereocenters. The molecule has 0 fully saturated rings. The van der Waals surface area contributed by atoms with Crippen molar-refractivity contribution >= 4 is 33.5 Å². The van der Waals surface area contributed by atoms with Gasteiger partial charge in [0.25, 0.3) is 0 Å². The van der Waals surface area contributed by atoms with Crippen molar-refractivity contribution in [2.24, 2.45) is 0 Å². The van der Waals surface area contributed by atoms with Gasteiger partial charge in [0.2, 0.25) is 0 Å². The predicted octanol–water partition coefficient (Wildman–Crippen LogP) is 4.60. The van der Waals surface area contributed by atoms with Gasteiger partial charge in [-0.3, -0.25) is 0 Å². The maximum absolute atomic E-state index is 11.2. The van der Waals surface area contributed by atoms with Gasteiger partial charge in [0, 0.05) is 11.1 Å². The van der Waals surface area contributed by atoms with Crippen molar-refractivity contribution in [1.29, 1.82) is 0 Å². The summed E-state index contributed by atoms with van der Waals surface area (Å²) in [6, 6.07) is 9.48. The molecular formula is C14H10BrClO4. The minimum Gasteiger partial charge on any atom is -0.497 e. The van der Waals surface area contributed by atoms with E-state index < -0.39 is 5.97 Å². The van der Waals surface area contributed by atoms with Crippen molar-refractivity contribution in [2.45, 2.75) is 0 Å². The third-order valence-electron chi connectivity index (χ3n) is 2.53. The summed E-state index contributed by atoms with van der Waals surface area (Å²) in [6.45, 7) is 0. The molecule has 0 saturated heterocycles. The number of aromatic carboxylic acids is 1. The molecule has 6 heteroatoms. The maximum atomic E-state index is 11.2. The minimum atomic E-state index is -1.08. The van der Waals surface area contributed by atoms with E-state index in [1.54, 1.807) is 24.3 Å². The number of carboxylic acids is 1. The van der Waals surface area contributed by atoms with E-state index in [1.807, 2.05) is 0 Å². The summed E-state index contributed by atoms with van der Waals surface area (Å²) in [6.07, 6.45) is 0. The zero-order chi connectivity index (χ0) is 14.7. The van der Waals surface area contributed by atoms with Crippen LogP contribution in [-0.2, 0) is 0 Å². The summed E-state index contributed by atoms with van der Waals surface area (Å²) < 4.78 is 11.3. The Morgan fingerprint density at radius 2 is 1.95 bits per heavy atom. The lowest BCUT2D eigenvalue weighted by atomic mass is 10.2. The molecule has 0 aliphatic carbocycles. The van der Waals surface area contributed by atoms with Crippen LogP contribution in [0.4, 0.5) is 0 Å². The number of carboxylic acid groups (broad SMARTS) is 1. The van der Waals surface area contributed by atoms with E-state index in [-0.39, 0.29) is 11.3 Å². The number of methoxy groups -OCH3 is 1. The Bertz CT molecular complexity index is 658. The Morgan fingerprint density at radius 3 is 2.55 bits per heavy atom. The molecule has 0 bridgehead atoms. The van der Waals surface area contributed by atoms with E-state index in [4.69, 9.17) is 26.2 Å². The summed E-state index contributed by atoms with van der Waals surface area (Å²) >= 11 is 9.16. The van der Waals surface area contributed by atoms with Crippen LogP contribution in [0.15, 0.2) is 40.9 Å². The second kappa shape index (κ2) is 6.15. The smallest absolute Gasteiger partial charge is 0.339 e. The number of rotatable bonds is 4. The first-order valence-corrected chi connectivity index (χ1v) is 6.72. The van der Waals surface area contributed by atoms with Crippen molar-refractivity contribution in [2.75, 3.05) is 7.11 Å². The first-order chi connectivity index (χ1) is 9.51. The molecule has 2 rings (SSSR count). The topological polar surface area (TPSA) is 55.8 Å². The van der Waals surface area contributed by atoms with Gasteiger partial charge in [-0.15, -0.1) is 0 Å². The zero-order valence-electron chi connectivity index (χ0n) is 10.4. The number of carbonyl (C=O) groups is 1. The first kappa shape index (κ1) is 14.7. The van der Waals surface area contributed by atoms with Crippen LogP contribution in [-0.4, -0.2) is 18.2 Å². The minimum absolute atomic E-state index is 0.0488. The van der Waals surface area contributed by atoms with Crippen LogP contribution >= 0.6 is 27.5 Å². The molecule has 0 aromatic heterocycles. The van der Waals surface area contributed by atoms with Gasteiger partial charge in [0.1, 0.15) is 22.8 Å². The SMILES string of the molecule is COc1ccc(C(=O)O)c(Oc2ccc(Cl)cc2Br)c1. The third-order valence-corrected chi connectivity index (χ3v) is 3.39. The molecule has 2 aromatic rings. The first-order valence-electron chi connectivity index (χ1n) is 5.55. The Kier molecular flexibility index (Phi) is 4.52. The molecule has 104 valence electrons. The van der Waals surface area contributed by atoms with E-state index in [1.165, 1.54) is 19.2 Å². The lowest BCUT2D eigenvalue weighted by Crippen LogP contribution is -2.00. The molecule has 0 spiro atoms. The van der Waals surface area contributed by atoms with Crippen molar-refractivity contribution < 1.29 is 19.4 Å². The second-order valence-corrected chi connectivity index (χ2v) is 5.13. The molecule has 0 atom stereocenters. The van der Waals surface area contributed by atoms with E-state index in [2.05, 4.69) is 15.9 Å². The average molecular weight is 358 g/mol. The molecule has 1 N–H and O–H groups in total. The molecule has 20 heavy (non-hydrogen) atoms. The largest absolute Gasteiger partial charge is 0.497 e. The molecule has 0 saturated carbocycles. The van der Waals surface area contributed by atoms with Gasteiger partial charge in [-0.2, -0.15) is 0 Å². The highest BCUT2D eigenvalue weighted by Gasteiger charge is 2.14. The van der Waals surface area contributed by atoms with Crippen LogP contribution in [0.1, 0.15) is 10.4 Å². The number of benzene rings is 2. The average Bonchev–Trinajstić information content (AvgIpc) is 2.41. The van der Waals surface area contributed by atoms with Crippen molar-refractivity contribution in [3.05, 3.63) is 51.5 Å².